The predicted molar refractivity (Wildman–Crippen MR) is 116 cm³/mol. The van der Waals surface area contributed by atoms with Gasteiger partial charge in [-0.05, 0) is 43.7 Å². The second kappa shape index (κ2) is 10.1. The van der Waals surface area contributed by atoms with Crippen molar-refractivity contribution in [3.63, 3.8) is 0 Å². The summed E-state index contributed by atoms with van der Waals surface area (Å²) in [5.74, 6) is 0.105. The van der Waals surface area contributed by atoms with Gasteiger partial charge in [-0.2, -0.15) is 0 Å². The maximum Gasteiger partial charge on any atom is 0.220 e. The zero-order valence-corrected chi connectivity index (χ0v) is 17.6. The minimum Gasteiger partial charge on any atom is -0.354 e. The van der Waals surface area contributed by atoms with E-state index in [4.69, 9.17) is 11.6 Å². The third-order valence-electron chi connectivity index (χ3n) is 5.49. The molecular formula is C23H30ClN3O. The van der Waals surface area contributed by atoms with Crippen LogP contribution >= 0.6 is 11.6 Å². The highest BCUT2D eigenvalue weighted by Gasteiger charge is 2.24. The largest absolute Gasteiger partial charge is 0.354 e. The Bertz CT molecular complexity index is 752. The Hall–Kier alpha value is -1.88. The number of hydrogen-bond acceptors (Lipinski definition) is 3. The maximum absolute atomic E-state index is 12.4. The molecule has 0 saturated carbocycles. The summed E-state index contributed by atoms with van der Waals surface area (Å²) in [7, 11) is 2.15. The van der Waals surface area contributed by atoms with Gasteiger partial charge in [0.25, 0.3) is 0 Å². The quantitative estimate of drug-likeness (QED) is 0.771. The first-order chi connectivity index (χ1) is 13.5. The van der Waals surface area contributed by atoms with Gasteiger partial charge >= 0.3 is 0 Å². The fourth-order valence-corrected chi connectivity index (χ4v) is 3.71. The Labute approximate surface area is 173 Å². The summed E-state index contributed by atoms with van der Waals surface area (Å²) in [6, 6.07) is 16.6. The molecule has 3 rings (SSSR count). The van der Waals surface area contributed by atoms with E-state index in [1.54, 1.807) is 0 Å². The fraction of sp³-hybridized carbons (Fsp3) is 0.435. The van der Waals surface area contributed by atoms with Crippen LogP contribution in [0.2, 0.25) is 5.02 Å². The summed E-state index contributed by atoms with van der Waals surface area (Å²) in [4.78, 5) is 17.3. The second-order valence-electron chi connectivity index (χ2n) is 7.70. The molecule has 1 amide bonds. The van der Waals surface area contributed by atoms with Gasteiger partial charge in [0.05, 0.1) is 6.04 Å². The van der Waals surface area contributed by atoms with Gasteiger partial charge in [0, 0.05) is 44.2 Å². The van der Waals surface area contributed by atoms with E-state index in [0.717, 1.165) is 37.6 Å². The lowest BCUT2D eigenvalue weighted by Crippen LogP contribution is -2.48. The highest BCUT2D eigenvalue weighted by atomic mass is 35.5. The molecule has 150 valence electrons. The van der Waals surface area contributed by atoms with Crippen molar-refractivity contribution >= 4 is 17.5 Å². The lowest BCUT2D eigenvalue weighted by Gasteiger charge is -2.38. The molecule has 0 aromatic heterocycles. The third-order valence-corrected chi connectivity index (χ3v) is 5.74. The number of amides is 1. The Morgan fingerprint density at radius 2 is 1.68 bits per heavy atom. The minimum absolute atomic E-state index is 0.105. The zero-order chi connectivity index (χ0) is 19.9. The summed E-state index contributed by atoms with van der Waals surface area (Å²) in [5, 5.41) is 3.90. The van der Waals surface area contributed by atoms with Gasteiger partial charge in [0.1, 0.15) is 0 Å². The number of piperazine rings is 1. The first-order valence-corrected chi connectivity index (χ1v) is 10.4. The third kappa shape index (κ3) is 6.06. The molecule has 0 radical (unpaired) electrons. The van der Waals surface area contributed by atoms with E-state index < -0.39 is 0 Å². The maximum atomic E-state index is 12.4. The lowest BCUT2D eigenvalue weighted by atomic mass is 10.0. The first kappa shape index (κ1) is 20.8. The van der Waals surface area contributed by atoms with E-state index in [9.17, 15) is 4.79 Å². The number of likely N-dealkylation sites (N-methyl/N-ethyl adjacent to an activating group) is 1. The van der Waals surface area contributed by atoms with Gasteiger partial charge in [0.2, 0.25) is 5.91 Å². The van der Waals surface area contributed by atoms with Crippen molar-refractivity contribution in [2.75, 3.05) is 39.8 Å². The smallest absolute Gasteiger partial charge is 0.220 e. The van der Waals surface area contributed by atoms with E-state index >= 15 is 0 Å². The second-order valence-corrected chi connectivity index (χ2v) is 8.13. The van der Waals surface area contributed by atoms with Crippen LogP contribution in [0.4, 0.5) is 0 Å². The Morgan fingerprint density at radius 1 is 1.04 bits per heavy atom. The lowest BCUT2D eigenvalue weighted by molar-refractivity contribution is -0.121. The molecule has 4 nitrogen and oxygen atoms in total. The molecule has 2 aromatic carbocycles. The van der Waals surface area contributed by atoms with Crippen molar-refractivity contribution in [2.24, 2.45) is 0 Å². The van der Waals surface area contributed by atoms with E-state index in [-0.39, 0.29) is 11.9 Å². The van der Waals surface area contributed by atoms with Crippen molar-refractivity contribution in [1.82, 2.24) is 15.1 Å². The van der Waals surface area contributed by atoms with Crippen molar-refractivity contribution in [2.45, 2.75) is 25.8 Å². The Morgan fingerprint density at radius 3 is 2.32 bits per heavy atom. The monoisotopic (exact) mass is 399 g/mol. The highest BCUT2D eigenvalue weighted by Crippen LogP contribution is 2.23. The van der Waals surface area contributed by atoms with Crippen LogP contribution in [0.15, 0.2) is 48.5 Å². The summed E-state index contributed by atoms with van der Waals surface area (Å²) in [6.07, 6.45) is 1.28. The molecule has 0 spiro atoms. The van der Waals surface area contributed by atoms with E-state index in [1.165, 1.54) is 16.7 Å². The van der Waals surface area contributed by atoms with Crippen LogP contribution < -0.4 is 5.32 Å². The molecule has 1 N–H and O–H groups in total. The molecule has 2 aromatic rings. The molecule has 1 atom stereocenters. The molecule has 0 aliphatic carbocycles. The SMILES string of the molecule is Cc1ccc(CCC(=O)NCC(c2ccc(Cl)cc2)N2CCN(C)CC2)cc1. The number of nitrogens with zero attached hydrogens (tertiary/aromatic N) is 2. The number of benzene rings is 2. The molecule has 0 bridgehead atoms. The van der Waals surface area contributed by atoms with Crippen LogP contribution in [0.5, 0.6) is 0 Å². The van der Waals surface area contributed by atoms with Gasteiger partial charge in [0.15, 0.2) is 0 Å². The summed E-state index contributed by atoms with van der Waals surface area (Å²) in [5.41, 5.74) is 3.65. The number of carbonyl (C=O) groups excluding carboxylic acids is 1. The molecule has 28 heavy (non-hydrogen) atoms. The number of carbonyl (C=O) groups is 1. The topological polar surface area (TPSA) is 35.6 Å². The molecular weight excluding hydrogens is 370 g/mol. The molecule has 1 unspecified atom stereocenters. The summed E-state index contributed by atoms with van der Waals surface area (Å²) in [6.45, 7) is 6.80. The van der Waals surface area contributed by atoms with E-state index in [2.05, 4.69) is 65.5 Å². The van der Waals surface area contributed by atoms with Crippen molar-refractivity contribution in [3.8, 4) is 0 Å². The number of nitrogens with one attached hydrogen (secondary N) is 1. The standard InChI is InChI=1S/C23H30ClN3O/c1-18-3-5-19(6-4-18)7-12-23(28)25-17-22(20-8-10-21(24)11-9-20)27-15-13-26(2)14-16-27/h3-6,8-11,22H,7,12-17H2,1-2H3,(H,25,28). The molecule has 1 saturated heterocycles. The van der Waals surface area contributed by atoms with Crippen LogP contribution in [0.3, 0.4) is 0 Å². The van der Waals surface area contributed by atoms with Crippen LogP contribution in [0.25, 0.3) is 0 Å². The van der Waals surface area contributed by atoms with Gasteiger partial charge in [-0.25, -0.2) is 0 Å². The van der Waals surface area contributed by atoms with Crippen LogP contribution in [0, 0.1) is 6.92 Å². The predicted octanol–water partition coefficient (Wildman–Crippen LogP) is 3.69. The highest BCUT2D eigenvalue weighted by molar-refractivity contribution is 6.30. The van der Waals surface area contributed by atoms with Gasteiger partial charge < -0.3 is 10.2 Å². The number of hydrogen-bond donors (Lipinski definition) is 1. The van der Waals surface area contributed by atoms with Crippen LogP contribution in [0.1, 0.15) is 29.2 Å². The van der Waals surface area contributed by atoms with Crippen molar-refractivity contribution < 1.29 is 4.79 Å². The molecule has 5 heteroatoms. The fourth-order valence-electron chi connectivity index (χ4n) is 3.59. The number of aryl methyl sites for hydroxylation is 2. The molecule has 1 fully saturated rings. The van der Waals surface area contributed by atoms with Gasteiger partial charge in [-0.3, -0.25) is 9.69 Å². The van der Waals surface area contributed by atoms with Crippen molar-refractivity contribution in [1.29, 1.82) is 0 Å². The van der Waals surface area contributed by atoms with Crippen molar-refractivity contribution in [3.05, 3.63) is 70.2 Å². The number of halogens is 1. The minimum atomic E-state index is 0.105. The summed E-state index contributed by atoms with van der Waals surface area (Å²) >= 11 is 6.07. The molecule has 1 heterocycles. The molecule has 1 aliphatic heterocycles. The van der Waals surface area contributed by atoms with E-state index in [1.807, 2.05) is 12.1 Å². The average molecular weight is 400 g/mol. The zero-order valence-electron chi connectivity index (χ0n) is 16.8. The van der Waals surface area contributed by atoms with Crippen LogP contribution in [-0.2, 0) is 11.2 Å². The van der Waals surface area contributed by atoms with Gasteiger partial charge in [-0.1, -0.05) is 53.6 Å². The Balaban J connectivity index is 1.58. The normalized spacial score (nSPS) is 16.7. The summed E-state index contributed by atoms with van der Waals surface area (Å²) < 4.78 is 0. The van der Waals surface area contributed by atoms with E-state index in [0.29, 0.717) is 13.0 Å². The molecule has 1 aliphatic rings. The number of rotatable bonds is 7. The van der Waals surface area contributed by atoms with Crippen LogP contribution in [-0.4, -0.2) is 55.5 Å². The average Bonchev–Trinajstić information content (AvgIpc) is 2.70. The Kier molecular flexibility index (Phi) is 7.49. The first-order valence-electron chi connectivity index (χ1n) is 10.0. The van der Waals surface area contributed by atoms with Gasteiger partial charge in [-0.15, -0.1) is 0 Å².